The van der Waals surface area contributed by atoms with Crippen molar-refractivity contribution in [1.82, 2.24) is 9.80 Å². The average molecular weight is 743 g/mol. The third kappa shape index (κ3) is 7.20. The molecule has 2 heterocycles. The van der Waals surface area contributed by atoms with Crippen LogP contribution in [-0.4, -0.2) is 59.6 Å². The van der Waals surface area contributed by atoms with Crippen LogP contribution in [0.3, 0.4) is 0 Å². The molecule has 8 nitrogen and oxygen atoms in total. The first-order valence-electron chi connectivity index (χ1n) is 20.8. The summed E-state index contributed by atoms with van der Waals surface area (Å²) in [5.41, 5.74) is 1.77. The molecule has 2 aliphatic rings. The lowest BCUT2D eigenvalue weighted by molar-refractivity contribution is -0.140. The van der Waals surface area contributed by atoms with Crippen molar-refractivity contribution in [3.05, 3.63) is 70.8 Å². The topological polar surface area (TPSA) is 101 Å². The number of carbonyl (C=O) groups excluding carboxylic acids is 5. The van der Waals surface area contributed by atoms with Gasteiger partial charge in [0.25, 0.3) is 23.6 Å². The minimum absolute atomic E-state index is 0.233. The Morgan fingerprint density at radius 2 is 0.836 bits per heavy atom. The second kappa shape index (κ2) is 16.9. The van der Waals surface area contributed by atoms with Gasteiger partial charge in [0.1, 0.15) is 6.54 Å². The van der Waals surface area contributed by atoms with Gasteiger partial charge in [-0.1, -0.05) is 128 Å². The zero-order valence-electron chi connectivity index (χ0n) is 32.8. The lowest BCUT2D eigenvalue weighted by Crippen LogP contribution is -2.43. The minimum atomic E-state index is -0.677. The van der Waals surface area contributed by atoms with Gasteiger partial charge in [-0.2, -0.15) is 0 Å². The fraction of sp³-hybridized carbons (Fsp3) is 0.468. The van der Waals surface area contributed by atoms with Crippen molar-refractivity contribution in [3.8, 4) is 0 Å². The van der Waals surface area contributed by atoms with Gasteiger partial charge in [-0.15, -0.1) is 0 Å². The fourth-order valence-corrected chi connectivity index (χ4v) is 9.24. The molecule has 4 amide bonds. The molecule has 0 saturated heterocycles. The van der Waals surface area contributed by atoms with E-state index in [-0.39, 0.29) is 17.7 Å². The first-order chi connectivity index (χ1) is 26.8. The van der Waals surface area contributed by atoms with E-state index in [9.17, 15) is 24.0 Å². The number of carbonyl (C=O) groups is 5. The molecule has 1 atom stereocenters. The number of fused-ring (bicyclic) bond motifs is 2. The summed E-state index contributed by atoms with van der Waals surface area (Å²) >= 11 is 0. The Morgan fingerprint density at radius 1 is 0.491 bits per heavy atom. The molecule has 0 fully saturated rings. The Hall–Kier alpha value is -4.85. The molecule has 0 N–H and O–H groups in total. The van der Waals surface area contributed by atoms with Crippen LogP contribution in [0.15, 0.2) is 48.5 Å². The summed E-state index contributed by atoms with van der Waals surface area (Å²) in [6, 6.07) is 14.8. The lowest BCUT2D eigenvalue weighted by atomic mass is 9.82. The molecule has 8 heteroatoms. The minimum Gasteiger partial charge on any atom is -0.468 e. The summed E-state index contributed by atoms with van der Waals surface area (Å²) in [5.74, 6) is -1.96. The van der Waals surface area contributed by atoms with Crippen LogP contribution in [0.2, 0.25) is 0 Å². The monoisotopic (exact) mass is 742 g/mol. The van der Waals surface area contributed by atoms with Crippen LogP contribution in [0.25, 0.3) is 43.1 Å². The van der Waals surface area contributed by atoms with E-state index < -0.39 is 24.3 Å². The number of esters is 1. The average Bonchev–Trinajstić information content (AvgIpc) is 3.20. The van der Waals surface area contributed by atoms with Gasteiger partial charge in [0, 0.05) is 39.6 Å². The van der Waals surface area contributed by atoms with Gasteiger partial charge >= 0.3 is 5.97 Å². The molecule has 288 valence electrons. The van der Waals surface area contributed by atoms with Crippen molar-refractivity contribution in [2.75, 3.05) is 20.2 Å². The molecule has 0 bridgehead atoms. The molecule has 0 radical (unpaired) electrons. The maximum atomic E-state index is 14.4. The molecule has 1 unspecified atom stereocenters. The fourth-order valence-electron chi connectivity index (χ4n) is 9.24. The Bertz CT molecular complexity index is 2150. The zero-order valence-corrected chi connectivity index (χ0v) is 32.8. The van der Waals surface area contributed by atoms with Crippen LogP contribution in [0.5, 0.6) is 0 Å². The summed E-state index contributed by atoms with van der Waals surface area (Å²) in [6.07, 6.45) is 19.4. The zero-order chi connectivity index (χ0) is 38.6. The number of imide groups is 2. The summed E-state index contributed by atoms with van der Waals surface area (Å²) in [4.78, 5) is 70.5. The number of ether oxygens (including phenoxy) is 1. The van der Waals surface area contributed by atoms with E-state index in [1.54, 1.807) is 12.1 Å². The molecular weight excluding hydrogens is 689 g/mol. The largest absolute Gasteiger partial charge is 0.468 e. The number of benzene rings is 5. The van der Waals surface area contributed by atoms with Crippen LogP contribution in [-0.2, 0) is 9.53 Å². The van der Waals surface area contributed by atoms with Gasteiger partial charge in [-0.25, -0.2) is 0 Å². The van der Waals surface area contributed by atoms with Gasteiger partial charge < -0.3 is 4.74 Å². The van der Waals surface area contributed by atoms with Crippen molar-refractivity contribution in [2.24, 2.45) is 5.92 Å². The SMILES string of the molecule is CCCCCCCCCCC(CCCCCCCC)CN1C(=O)c2ccc3c4ccc5c6c(ccc(c7ccc(c2c37)C1=O)c64)C(=O)N(CC(=O)OC)C5=O. The molecule has 55 heavy (non-hydrogen) atoms. The van der Waals surface area contributed by atoms with Gasteiger partial charge in [0.05, 0.1) is 7.11 Å². The van der Waals surface area contributed by atoms with Gasteiger partial charge in [0.15, 0.2) is 0 Å². The van der Waals surface area contributed by atoms with Crippen LogP contribution in [0.1, 0.15) is 158 Å². The van der Waals surface area contributed by atoms with Crippen molar-refractivity contribution in [3.63, 3.8) is 0 Å². The maximum Gasteiger partial charge on any atom is 0.325 e. The van der Waals surface area contributed by atoms with Crippen molar-refractivity contribution in [1.29, 1.82) is 0 Å². The van der Waals surface area contributed by atoms with Crippen LogP contribution in [0, 0.1) is 5.92 Å². The number of rotatable bonds is 20. The van der Waals surface area contributed by atoms with E-state index in [2.05, 4.69) is 13.8 Å². The van der Waals surface area contributed by atoms with E-state index in [4.69, 9.17) is 4.74 Å². The highest BCUT2D eigenvalue weighted by atomic mass is 16.5. The summed E-state index contributed by atoms with van der Waals surface area (Å²) in [6.45, 7) is 4.46. The molecule has 5 aromatic carbocycles. The first kappa shape index (κ1) is 38.4. The predicted octanol–water partition coefficient (Wildman–Crippen LogP) is 11.0. The normalized spacial score (nSPS) is 14.7. The van der Waals surface area contributed by atoms with Gasteiger partial charge in [0.2, 0.25) is 0 Å². The molecule has 0 saturated carbocycles. The molecular formula is C47H54N2O6. The predicted molar refractivity (Wildman–Crippen MR) is 219 cm³/mol. The summed E-state index contributed by atoms with van der Waals surface area (Å²) in [5, 5.41) is 6.22. The Morgan fingerprint density at radius 3 is 1.20 bits per heavy atom. The second-order valence-corrected chi connectivity index (χ2v) is 15.8. The molecule has 0 spiro atoms. The number of unbranched alkanes of at least 4 members (excludes halogenated alkanes) is 12. The van der Waals surface area contributed by atoms with E-state index in [1.807, 2.05) is 36.4 Å². The second-order valence-electron chi connectivity index (χ2n) is 15.8. The van der Waals surface area contributed by atoms with E-state index >= 15 is 0 Å². The van der Waals surface area contributed by atoms with Crippen LogP contribution < -0.4 is 0 Å². The number of amides is 4. The third-order valence-corrected chi connectivity index (χ3v) is 12.2. The van der Waals surface area contributed by atoms with Gasteiger partial charge in [-0.05, 0) is 75.3 Å². The van der Waals surface area contributed by atoms with Crippen molar-refractivity contribution in [2.45, 2.75) is 117 Å². The molecule has 7 rings (SSSR count). The highest BCUT2D eigenvalue weighted by molar-refractivity contribution is 6.41. The van der Waals surface area contributed by atoms with Gasteiger partial charge in [-0.3, -0.25) is 33.8 Å². The smallest absolute Gasteiger partial charge is 0.325 e. The molecule has 0 aromatic heterocycles. The Balaban J connectivity index is 1.19. The Kier molecular flexibility index (Phi) is 11.8. The number of methoxy groups -OCH3 is 1. The summed E-state index contributed by atoms with van der Waals surface area (Å²) in [7, 11) is 1.22. The Labute approximate surface area is 323 Å². The van der Waals surface area contributed by atoms with E-state index in [0.717, 1.165) is 62.9 Å². The maximum absolute atomic E-state index is 14.4. The molecule has 0 aliphatic carbocycles. The quantitative estimate of drug-likeness (QED) is 0.0259. The van der Waals surface area contributed by atoms with Crippen LogP contribution >= 0.6 is 0 Å². The number of hydrogen-bond acceptors (Lipinski definition) is 6. The van der Waals surface area contributed by atoms with E-state index in [1.165, 1.54) is 89.1 Å². The number of nitrogens with zero attached hydrogens (tertiary/aromatic N) is 2. The molecule has 2 aliphatic heterocycles. The highest BCUT2D eigenvalue weighted by Crippen LogP contribution is 2.46. The number of hydrogen-bond donors (Lipinski definition) is 0. The van der Waals surface area contributed by atoms with Crippen LogP contribution in [0.4, 0.5) is 0 Å². The first-order valence-corrected chi connectivity index (χ1v) is 20.8. The van der Waals surface area contributed by atoms with E-state index in [0.29, 0.717) is 39.6 Å². The lowest BCUT2D eigenvalue weighted by Gasteiger charge is -2.32. The summed E-state index contributed by atoms with van der Waals surface area (Å²) < 4.78 is 4.75. The third-order valence-electron chi connectivity index (χ3n) is 12.2. The molecule has 5 aromatic rings. The van der Waals surface area contributed by atoms with Crippen molar-refractivity contribution < 1.29 is 28.7 Å². The highest BCUT2D eigenvalue weighted by Gasteiger charge is 2.38. The standard InChI is InChI=1S/C47H54N2O6/c1-4-6-8-10-12-13-15-17-19-30(18-16-14-11-9-7-5-2)28-48-44(51)35-24-20-31-33-22-26-37-43-38(47(54)49(46(37)53)29-39(50)55-3)27-23-34(41(33)43)32-21-25-36(45(48)52)42(35)40(31)32/h20-27,30H,4-19,28-29H2,1-3H3. The van der Waals surface area contributed by atoms with Crippen molar-refractivity contribution >= 4 is 72.7 Å².